The van der Waals surface area contributed by atoms with Gasteiger partial charge in [-0.1, -0.05) is 19.8 Å². The summed E-state index contributed by atoms with van der Waals surface area (Å²) in [6.07, 6.45) is 10.1. The monoisotopic (exact) mass is 277 g/mol. The average Bonchev–Trinajstić information content (AvgIpc) is 2.26. The number of nitrogens with zero attached hydrogens (tertiary/aromatic N) is 1. The van der Waals surface area contributed by atoms with E-state index in [1.54, 1.807) is 0 Å². The molecule has 0 atom stereocenters. The third-order valence-electron chi connectivity index (χ3n) is 3.92. The topological polar surface area (TPSA) is 0 Å². The number of quaternary nitrogens is 1. The number of likely N-dealkylation sites (tertiary alicyclic amines) is 1. The van der Waals surface area contributed by atoms with E-state index in [9.17, 15) is 0 Å². The van der Waals surface area contributed by atoms with Crippen molar-refractivity contribution in [1.29, 1.82) is 0 Å². The van der Waals surface area contributed by atoms with Crippen LogP contribution < -0.4 is 17.0 Å². The molecule has 0 unspecified atom stereocenters. The number of piperidine rings is 1. The van der Waals surface area contributed by atoms with Crippen molar-refractivity contribution in [2.75, 3.05) is 26.2 Å². The highest BCUT2D eigenvalue weighted by Crippen LogP contribution is 2.19. The number of hydrogen-bond acceptors (Lipinski definition) is 0. The molecular formula is C13H28BrN. The zero-order chi connectivity index (χ0) is 10.3. The summed E-state index contributed by atoms with van der Waals surface area (Å²) >= 11 is 0. The van der Waals surface area contributed by atoms with Crippen molar-refractivity contribution < 1.29 is 21.5 Å². The minimum absolute atomic E-state index is 0. The summed E-state index contributed by atoms with van der Waals surface area (Å²) in [5, 5.41) is 0. The Kier molecular flexibility index (Phi) is 8.83. The molecule has 0 bridgehead atoms. The van der Waals surface area contributed by atoms with Crippen LogP contribution in [0.15, 0.2) is 0 Å². The second-order valence-corrected chi connectivity index (χ2v) is 4.95. The molecule has 0 N–H and O–H groups in total. The smallest absolute Gasteiger partial charge is 0.0786 e. The van der Waals surface area contributed by atoms with Crippen molar-refractivity contribution in [3.8, 4) is 0 Å². The SMILES string of the molecule is CCCCCC[N+]1(CC)CCCCC1.[Br-]. The van der Waals surface area contributed by atoms with Crippen LogP contribution in [0.2, 0.25) is 0 Å². The van der Waals surface area contributed by atoms with Gasteiger partial charge in [0, 0.05) is 0 Å². The Bertz CT molecular complexity index is 141. The van der Waals surface area contributed by atoms with Crippen molar-refractivity contribution in [3.63, 3.8) is 0 Å². The minimum atomic E-state index is 0. The first-order chi connectivity index (χ1) is 6.83. The zero-order valence-corrected chi connectivity index (χ0v) is 12.2. The fourth-order valence-electron chi connectivity index (χ4n) is 2.75. The molecule has 1 rings (SSSR count). The van der Waals surface area contributed by atoms with Crippen LogP contribution in [-0.4, -0.2) is 30.7 Å². The fourth-order valence-corrected chi connectivity index (χ4v) is 2.75. The van der Waals surface area contributed by atoms with Gasteiger partial charge < -0.3 is 21.5 Å². The van der Waals surface area contributed by atoms with Gasteiger partial charge in [0.2, 0.25) is 0 Å². The highest BCUT2D eigenvalue weighted by Gasteiger charge is 2.26. The lowest BCUT2D eigenvalue weighted by Gasteiger charge is -2.41. The second kappa shape index (κ2) is 8.58. The van der Waals surface area contributed by atoms with Crippen LogP contribution in [0.4, 0.5) is 0 Å². The maximum Gasteiger partial charge on any atom is 0.0786 e. The van der Waals surface area contributed by atoms with Gasteiger partial charge in [-0.25, -0.2) is 0 Å². The summed E-state index contributed by atoms with van der Waals surface area (Å²) in [6, 6.07) is 0. The largest absolute Gasteiger partial charge is 1.00 e. The quantitative estimate of drug-likeness (QED) is 0.493. The molecule has 0 saturated carbocycles. The highest BCUT2D eigenvalue weighted by atomic mass is 79.9. The maximum atomic E-state index is 2.38. The molecule has 2 heteroatoms. The third kappa shape index (κ3) is 5.35. The lowest BCUT2D eigenvalue weighted by atomic mass is 10.1. The van der Waals surface area contributed by atoms with Crippen LogP contribution in [0, 0.1) is 0 Å². The second-order valence-electron chi connectivity index (χ2n) is 4.95. The third-order valence-corrected chi connectivity index (χ3v) is 3.92. The number of halogens is 1. The summed E-state index contributed by atoms with van der Waals surface area (Å²) < 4.78 is 1.43. The van der Waals surface area contributed by atoms with Gasteiger partial charge in [-0.3, -0.25) is 0 Å². The van der Waals surface area contributed by atoms with Crippen molar-refractivity contribution in [2.24, 2.45) is 0 Å². The van der Waals surface area contributed by atoms with Crippen molar-refractivity contribution in [1.82, 2.24) is 0 Å². The van der Waals surface area contributed by atoms with E-state index in [0.29, 0.717) is 0 Å². The van der Waals surface area contributed by atoms with Gasteiger partial charge in [0.15, 0.2) is 0 Å². The molecule has 0 radical (unpaired) electrons. The molecular weight excluding hydrogens is 250 g/mol. The number of unbranched alkanes of at least 4 members (excludes halogenated alkanes) is 3. The first-order valence-corrected chi connectivity index (χ1v) is 6.68. The Morgan fingerprint density at radius 1 is 0.867 bits per heavy atom. The molecule has 0 aliphatic carbocycles. The van der Waals surface area contributed by atoms with Crippen LogP contribution in [-0.2, 0) is 0 Å². The summed E-state index contributed by atoms with van der Waals surface area (Å²) in [4.78, 5) is 0. The summed E-state index contributed by atoms with van der Waals surface area (Å²) in [6.45, 7) is 10.4. The standard InChI is InChI=1S/C13H28N.BrH/c1-3-5-6-8-11-14(4-2)12-9-7-10-13-14;/h3-13H2,1-2H3;1H/q+1;/p-1. The zero-order valence-electron chi connectivity index (χ0n) is 10.6. The van der Waals surface area contributed by atoms with E-state index >= 15 is 0 Å². The van der Waals surface area contributed by atoms with Crippen LogP contribution in [0.1, 0.15) is 58.8 Å². The van der Waals surface area contributed by atoms with E-state index in [2.05, 4.69) is 13.8 Å². The minimum Gasteiger partial charge on any atom is -1.00 e. The first-order valence-electron chi connectivity index (χ1n) is 6.68. The average molecular weight is 278 g/mol. The number of rotatable bonds is 6. The molecule has 1 fully saturated rings. The summed E-state index contributed by atoms with van der Waals surface area (Å²) in [5.41, 5.74) is 0. The summed E-state index contributed by atoms with van der Waals surface area (Å²) in [5.74, 6) is 0. The Balaban J connectivity index is 0.00000196. The van der Waals surface area contributed by atoms with Gasteiger partial charge in [0.05, 0.1) is 26.2 Å². The Labute approximate surface area is 107 Å². The van der Waals surface area contributed by atoms with Crippen molar-refractivity contribution in [3.05, 3.63) is 0 Å². The molecule has 0 aromatic rings. The van der Waals surface area contributed by atoms with E-state index in [1.807, 2.05) is 0 Å². The van der Waals surface area contributed by atoms with Gasteiger partial charge in [-0.2, -0.15) is 0 Å². The van der Waals surface area contributed by atoms with Crippen LogP contribution >= 0.6 is 0 Å². The summed E-state index contributed by atoms with van der Waals surface area (Å²) in [7, 11) is 0. The van der Waals surface area contributed by atoms with E-state index in [1.165, 1.54) is 75.6 Å². The molecule has 1 aliphatic heterocycles. The fraction of sp³-hybridized carbons (Fsp3) is 1.00. The van der Waals surface area contributed by atoms with Gasteiger partial charge >= 0.3 is 0 Å². The predicted octanol–water partition coefficient (Wildman–Crippen LogP) is 0.591. The Hall–Kier alpha value is 0.440. The molecule has 0 aromatic carbocycles. The molecule has 15 heavy (non-hydrogen) atoms. The van der Waals surface area contributed by atoms with Crippen molar-refractivity contribution in [2.45, 2.75) is 58.8 Å². The Morgan fingerprint density at radius 2 is 1.53 bits per heavy atom. The molecule has 1 nitrogen and oxygen atoms in total. The van der Waals surface area contributed by atoms with E-state index in [4.69, 9.17) is 0 Å². The molecule has 92 valence electrons. The van der Waals surface area contributed by atoms with Gasteiger partial charge in [0.25, 0.3) is 0 Å². The van der Waals surface area contributed by atoms with E-state index < -0.39 is 0 Å². The van der Waals surface area contributed by atoms with Crippen LogP contribution in [0.25, 0.3) is 0 Å². The molecule has 0 amide bonds. The molecule has 1 heterocycles. The van der Waals surface area contributed by atoms with Gasteiger partial charge in [-0.05, 0) is 39.0 Å². The Morgan fingerprint density at radius 3 is 2.07 bits per heavy atom. The normalized spacial score (nSPS) is 19.6. The van der Waals surface area contributed by atoms with Crippen LogP contribution in [0.5, 0.6) is 0 Å². The molecule has 0 aromatic heterocycles. The highest BCUT2D eigenvalue weighted by molar-refractivity contribution is 4.54. The lowest BCUT2D eigenvalue weighted by molar-refractivity contribution is -0.931. The molecule has 1 saturated heterocycles. The first kappa shape index (κ1) is 15.4. The lowest BCUT2D eigenvalue weighted by Crippen LogP contribution is -3.00. The van der Waals surface area contributed by atoms with Crippen molar-refractivity contribution >= 4 is 0 Å². The molecule has 1 aliphatic rings. The van der Waals surface area contributed by atoms with Gasteiger partial charge in [0.1, 0.15) is 0 Å². The number of hydrogen-bond donors (Lipinski definition) is 0. The van der Waals surface area contributed by atoms with Crippen LogP contribution in [0.3, 0.4) is 0 Å². The predicted molar refractivity (Wildman–Crippen MR) is 63.4 cm³/mol. The van der Waals surface area contributed by atoms with E-state index in [-0.39, 0.29) is 17.0 Å². The van der Waals surface area contributed by atoms with Gasteiger partial charge in [-0.15, -0.1) is 0 Å². The maximum absolute atomic E-state index is 2.38. The van der Waals surface area contributed by atoms with E-state index in [0.717, 1.165) is 0 Å². The molecule has 0 spiro atoms.